The molecule has 4 aliphatic rings. The van der Waals surface area contributed by atoms with E-state index in [9.17, 15) is 10.1 Å². The number of carbonyl (C=O) groups is 1. The first-order valence-corrected chi connectivity index (χ1v) is 17.5. The molecule has 2 fully saturated rings. The lowest BCUT2D eigenvalue weighted by atomic mass is 9.62. The van der Waals surface area contributed by atoms with Crippen LogP contribution in [0.25, 0.3) is 11.5 Å². The molecular weight excluding hydrogens is 614 g/mol. The fraction of sp³-hybridized carbons (Fsp3) is 0.600. The van der Waals surface area contributed by atoms with Crippen molar-refractivity contribution in [3.63, 3.8) is 0 Å². The van der Waals surface area contributed by atoms with Crippen molar-refractivity contribution in [2.24, 2.45) is 16.8 Å². The fourth-order valence-corrected chi connectivity index (χ4v) is 9.41. The number of thiophene rings is 1. The monoisotopic (exact) mass is 657 g/mol. The SMILES string of the molecule is C[C@H]1[C@H]2C[C@@H]([C@H](C)Oc3nccc(-c4onc5c4CCC[C@@]54CCCc5sc(N=CN(C)C)c(C#N)c54)n3)N(C(=O)OC(C)(C)C)[C@@H]12. The normalized spacial score (nSPS) is 26.8. The number of likely N-dealkylation sites (tertiary alicyclic amines) is 1. The van der Waals surface area contributed by atoms with Crippen LogP contribution >= 0.6 is 11.3 Å². The van der Waals surface area contributed by atoms with Crippen LogP contribution in [0.2, 0.25) is 0 Å². The predicted molar refractivity (Wildman–Crippen MR) is 178 cm³/mol. The van der Waals surface area contributed by atoms with Crippen LogP contribution < -0.4 is 4.74 Å². The topological polar surface area (TPSA) is 130 Å². The highest BCUT2D eigenvalue weighted by atomic mass is 32.1. The summed E-state index contributed by atoms with van der Waals surface area (Å²) in [5, 5.41) is 15.8. The van der Waals surface area contributed by atoms with Crippen molar-refractivity contribution in [2.75, 3.05) is 14.1 Å². The number of amides is 1. The fourth-order valence-electron chi connectivity index (χ4n) is 8.18. The van der Waals surface area contributed by atoms with Crippen molar-refractivity contribution in [3.8, 4) is 23.5 Å². The van der Waals surface area contributed by atoms with Crippen molar-refractivity contribution in [3.05, 3.63) is 39.5 Å². The number of rotatable bonds is 6. The first-order chi connectivity index (χ1) is 22.4. The quantitative estimate of drug-likeness (QED) is 0.211. The van der Waals surface area contributed by atoms with Gasteiger partial charge in [0.05, 0.1) is 23.6 Å². The molecule has 1 saturated heterocycles. The minimum atomic E-state index is -0.574. The maximum Gasteiger partial charge on any atom is 0.410 e. The van der Waals surface area contributed by atoms with Gasteiger partial charge < -0.3 is 18.9 Å². The molecule has 7 rings (SSSR count). The van der Waals surface area contributed by atoms with E-state index < -0.39 is 5.60 Å². The minimum Gasteiger partial charge on any atom is -0.458 e. The molecule has 3 aromatic rings. The Hall–Kier alpha value is -3.98. The van der Waals surface area contributed by atoms with Gasteiger partial charge in [-0.15, -0.1) is 11.3 Å². The Bertz CT molecular complexity index is 1760. The van der Waals surface area contributed by atoms with Gasteiger partial charge in [-0.3, -0.25) is 4.90 Å². The van der Waals surface area contributed by atoms with Gasteiger partial charge in [0, 0.05) is 42.2 Å². The standard InChI is InChI=1S/C35H43N7O4S/c1-19-22-16-25(42(28(19)22)33(43)45-34(3,4)5)20(2)44-32-37-15-12-24(39-32)29-21-10-8-13-35(30(21)40-46-29)14-9-11-26-27(35)23(17-36)31(47-26)38-18-41(6)7/h12,15,18-20,22,25,28H,8-11,13-14,16H2,1-7H3/t19-,20-,22+,25-,28-,35-/m0/s1. The number of nitriles is 1. The summed E-state index contributed by atoms with van der Waals surface area (Å²) >= 11 is 1.62. The molecule has 47 heavy (non-hydrogen) atoms. The summed E-state index contributed by atoms with van der Waals surface area (Å²) in [6.45, 7) is 9.83. The molecule has 1 spiro atoms. The second kappa shape index (κ2) is 11.6. The van der Waals surface area contributed by atoms with Crippen molar-refractivity contribution in [1.82, 2.24) is 24.9 Å². The van der Waals surface area contributed by atoms with E-state index in [2.05, 4.69) is 23.0 Å². The number of fused-ring (bicyclic) bond motifs is 5. The predicted octanol–water partition coefficient (Wildman–Crippen LogP) is 6.66. The van der Waals surface area contributed by atoms with Gasteiger partial charge in [0.25, 0.3) is 0 Å². The van der Waals surface area contributed by atoms with Gasteiger partial charge in [-0.05, 0) is 96.1 Å². The van der Waals surface area contributed by atoms with Crippen LogP contribution in [-0.4, -0.2) is 75.2 Å². The van der Waals surface area contributed by atoms with Crippen LogP contribution in [0.1, 0.15) is 94.0 Å². The molecule has 1 aliphatic heterocycles. The number of piperidine rings is 1. The first-order valence-electron chi connectivity index (χ1n) is 16.7. The van der Waals surface area contributed by atoms with Crippen LogP contribution in [0.4, 0.5) is 9.80 Å². The zero-order valence-corrected chi connectivity index (χ0v) is 29.1. The van der Waals surface area contributed by atoms with Gasteiger partial charge >= 0.3 is 12.1 Å². The third-order valence-electron chi connectivity index (χ3n) is 10.2. The van der Waals surface area contributed by atoms with Crippen molar-refractivity contribution in [1.29, 1.82) is 5.26 Å². The smallest absolute Gasteiger partial charge is 0.410 e. The third kappa shape index (κ3) is 5.46. The highest BCUT2D eigenvalue weighted by Crippen LogP contribution is 2.56. The summed E-state index contributed by atoms with van der Waals surface area (Å²) in [6, 6.07) is 4.60. The van der Waals surface area contributed by atoms with Crippen LogP contribution in [-0.2, 0) is 23.0 Å². The Morgan fingerprint density at radius 3 is 2.79 bits per heavy atom. The summed E-state index contributed by atoms with van der Waals surface area (Å²) in [7, 11) is 3.85. The van der Waals surface area contributed by atoms with Crippen molar-refractivity contribution >= 4 is 28.8 Å². The van der Waals surface area contributed by atoms with Gasteiger partial charge in [0.1, 0.15) is 28.5 Å². The van der Waals surface area contributed by atoms with E-state index in [1.54, 1.807) is 23.9 Å². The maximum atomic E-state index is 13.2. The molecule has 248 valence electrons. The number of nitrogens with zero attached hydrogens (tertiary/aromatic N) is 7. The second-order valence-electron chi connectivity index (χ2n) is 14.8. The van der Waals surface area contributed by atoms with E-state index in [0.717, 1.165) is 66.8 Å². The van der Waals surface area contributed by atoms with Gasteiger partial charge in [-0.1, -0.05) is 12.1 Å². The van der Waals surface area contributed by atoms with Crippen LogP contribution in [0.5, 0.6) is 6.01 Å². The molecule has 0 bridgehead atoms. The molecule has 12 heteroatoms. The molecule has 3 aliphatic carbocycles. The van der Waals surface area contributed by atoms with E-state index in [4.69, 9.17) is 24.1 Å². The van der Waals surface area contributed by atoms with E-state index in [1.807, 2.05) is 57.7 Å². The molecule has 0 aromatic carbocycles. The molecule has 11 nitrogen and oxygen atoms in total. The summed E-state index contributed by atoms with van der Waals surface area (Å²) < 4.78 is 18.2. The lowest BCUT2D eigenvalue weighted by molar-refractivity contribution is 0.00225. The molecule has 1 amide bonds. The van der Waals surface area contributed by atoms with Crippen molar-refractivity contribution in [2.45, 2.75) is 109 Å². The zero-order valence-electron chi connectivity index (χ0n) is 28.2. The average molecular weight is 658 g/mol. The van der Waals surface area contributed by atoms with Gasteiger partial charge in [-0.2, -0.15) is 10.2 Å². The molecule has 4 heterocycles. The van der Waals surface area contributed by atoms with E-state index in [-0.39, 0.29) is 35.7 Å². The summed E-state index contributed by atoms with van der Waals surface area (Å²) in [6.07, 6.45) is 9.20. The van der Waals surface area contributed by atoms with E-state index in [1.165, 1.54) is 4.88 Å². The number of ether oxygens (including phenoxy) is 2. The highest BCUT2D eigenvalue weighted by Gasteiger charge is 2.62. The van der Waals surface area contributed by atoms with Crippen molar-refractivity contribution < 1.29 is 18.8 Å². The van der Waals surface area contributed by atoms with Crippen LogP contribution in [0, 0.1) is 23.2 Å². The number of aryl methyl sites for hydroxylation is 1. The molecule has 0 unspecified atom stereocenters. The van der Waals surface area contributed by atoms with Crippen LogP contribution in [0.3, 0.4) is 0 Å². The Kier molecular flexibility index (Phi) is 7.81. The van der Waals surface area contributed by atoms with Gasteiger partial charge in [0.2, 0.25) is 0 Å². The number of hydrogen-bond acceptors (Lipinski definition) is 10. The highest BCUT2D eigenvalue weighted by molar-refractivity contribution is 7.16. The Balaban J connectivity index is 1.17. The summed E-state index contributed by atoms with van der Waals surface area (Å²) in [4.78, 5) is 32.1. The summed E-state index contributed by atoms with van der Waals surface area (Å²) in [5.41, 5.74) is 3.35. The largest absolute Gasteiger partial charge is 0.458 e. The number of carbonyl (C=O) groups excluding carboxylic acids is 1. The van der Waals surface area contributed by atoms with Gasteiger partial charge in [0.15, 0.2) is 5.76 Å². The third-order valence-corrected chi connectivity index (χ3v) is 11.4. The van der Waals surface area contributed by atoms with Crippen LogP contribution in [0.15, 0.2) is 21.8 Å². The molecule has 1 saturated carbocycles. The Morgan fingerprint density at radius 2 is 2.06 bits per heavy atom. The van der Waals surface area contributed by atoms with E-state index >= 15 is 0 Å². The molecule has 0 radical (unpaired) electrons. The zero-order chi connectivity index (χ0) is 33.2. The molecule has 6 atom stereocenters. The molecule has 3 aromatic heterocycles. The number of aliphatic imine (C=N–C) groups is 1. The lowest BCUT2D eigenvalue weighted by Gasteiger charge is -2.39. The number of hydrogen-bond donors (Lipinski definition) is 0. The number of aromatic nitrogens is 3. The maximum absolute atomic E-state index is 13.2. The Morgan fingerprint density at radius 1 is 1.30 bits per heavy atom. The molecular formula is C35H43N7O4S. The first kappa shape index (κ1) is 31.6. The minimum absolute atomic E-state index is 0.131. The van der Waals surface area contributed by atoms with E-state index in [0.29, 0.717) is 28.9 Å². The van der Waals surface area contributed by atoms with Gasteiger partial charge in [-0.25, -0.2) is 14.8 Å². The average Bonchev–Trinajstić information content (AvgIpc) is 3.43. The lowest BCUT2D eigenvalue weighted by Crippen LogP contribution is -2.48. The Labute approximate surface area is 280 Å². The second-order valence-corrected chi connectivity index (χ2v) is 15.9. The summed E-state index contributed by atoms with van der Waals surface area (Å²) in [5.74, 6) is 1.54. The molecule has 0 N–H and O–H groups in total.